The van der Waals surface area contributed by atoms with Gasteiger partial charge < -0.3 is 38.5 Å². The van der Waals surface area contributed by atoms with Crippen LogP contribution in [0.1, 0.15) is 0 Å². The first-order valence-corrected chi connectivity index (χ1v) is 29.3. The van der Waals surface area contributed by atoms with Crippen LogP contribution in [0.4, 0.5) is 68.2 Å². The van der Waals surface area contributed by atoms with Gasteiger partial charge in [-0.05, 0) is 168 Å². The summed E-state index contributed by atoms with van der Waals surface area (Å²) in [7, 11) is -4.88. The van der Waals surface area contributed by atoms with Crippen LogP contribution in [-0.2, 0) is 9.07 Å². The van der Waals surface area contributed by atoms with E-state index < -0.39 is 9.07 Å². The van der Waals surface area contributed by atoms with Crippen LogP contribution in [0.3, 0.4) is 0 Å². The second-order valence-corrected chi connectivity index (χ2v) is 24.8. The Morgan fingerprint density at radius 2 is 0.390 bits per heavy atom. The molecule has 0 saturated heterocycles. The zero-order valence-corrected chi connectivity index (χ0v) is 44.5. The van der Waals surface area contributed by atoms with Gasteiger partial charge in [0.25, 0.3) is 0 Å². The first-order chi connectivity index (χ1) is 40.5. The van der Waals surface area contributed by atoms with Crippen molar-refractivity contribution in [1.82, 2.24) is 0 Å². The number of nitrogens with zero attached hydrogens (tertiary/aromatic N) is 4. The maximum Gasteiger partial charge on any atom is 0.151 e. The summed E-state index contributed by atoms with van der Waals surface area (Å²) in [6.45, 7) is 0. The number of fused-ring (bicyclic) bond motifs is 18. The average molecular weight is 1080 g/mol. The molecule has 0 aliphatic carbocycles. The van der Waals surface area contributed by atoms with Gasteiger partial charge in [-0.3, -0.25) is 4.21 Å². The van der Waals surface area contributed by atoms with Crippen LogP contribution in [0, 0.1) is 0 Å². The molecule has 18 rings (SSSR count). The van der Waals surface area contributed by atoms with Gasteiger partial charge in [0.2, 0.25) is 0 Å². The summed E-state index contributed by atoms with van der Waals surface area (Å²) in [6.07, 6.45) is 0. The molecule has 6 heterocycles. The van der Waals surface area contributed by atoms with Crippen LogP contribution in [0.15, 0.2) is 287 Å². The summed E-state index contributed by atoms with van der Waals surface area (Å²) in [5.41, 5.74) is 13.9. The molecule has 0 atom stereocenters. The highest BCUT2D eigenvalue weighted by Crippen LogP contribution is 2.73. The summed E-state index contributed by atoms with van der Waals surface area (Å²) in [5.74, 6) is 5.81. The number of ether oxygens (including phenoxy) is 4. The van der Waals surface area contributed by atoms with Crippen LogP contribution in [-0.4, -0.2) is 4.21 Å². The van der Waals surface area contributed by atoms with Crippen molar-refractivity contribution in [3.63, 3.8) is 0 Å². The van der Waals surface area contributed by atoms with Crippen molar-refractivity contribution >= 4 is 77.3 Å². The first-order valence-electron chi connectivity index (χ1n) is 27.4. The topological polar surface area (TPSA) is 67.0 Å². The Bertz CT molecular complexity index is 4070. The minimum Gasteiger partial charge on any atom is -0.453 e. The van der Waals surface area contributed by atoms with E-state index in [4.69, 9.17) is 18.9 Å². The lowest BCUT2D eigenvalue weighted by Crippen LogP contribution is -2.31. The molecule has 12 aromatic carbocycles. The second kappa shape index (κ2) is 16.4. The second-order valence-electron chi connectivity index (χ2n) is 21.2. The van der Waals surface area contributed by atoms with Gasteiger partial charge in [0.05, 0.1) is 45.5 Å². The number of anilines is 12. The van der Waals surface area contributed by atoms with Crippen molar-refractivity contribution in [3.05, 3.63) is 267 Å². The molecule has 0 unspecified atom stereocenters. The Balaban J connectivity index is 0.971. The summed E-state index contributed by atoms with van der Waals surface area (Å²) in [5, 5.41) is 0. The van der Waals surface area contributed by atoms with Crippen LogP contribution in [0.2, 0.25) is 0 Å². The molecule has 388 valence electrons. The van der Waals surface area contributed by atoms with Crippen LogP contribution in [0.5, 0.6) is 46.0 Å². The van der Waals surface area contributed by atoms with Crippen molar-refractivity contribution in [2.45, 2.75) is 19.6 Å². The fraction of sp³-hybridized carbons (Fsp3) is 0. The van der Waals surface area contributed by atoms with Crippen molar-refractivity contribution in [2.24, 2.45) is 0 Å². The van der Waals surface area contributed by atoms with E-state index in [0.717, 1.165) is 136 Å². The van der Waals surface area contributed by atoms with E-state index in [1.807, 2.05) is 146 Å². The molecule has 0 radical (unpaired) electrons. The lowest BCUT2D eigenvalue weighted by molar-refractivity contribution is 0.476. The lowest BCUT2D eigenvalue weighted by atomic mass is 10.0. The number of rotatable bonds is 4. The van der Waals surface area contributed by atoms with Gasteiger partial charge >= 0.3 is 0 Å². The molecule has 0 fully saturated rings. The van der Waals surface area contributed by atoms with Gasteiger partial charge in [-0.25, -0.2) is 0 Å². The molecule has 1 spiro atoms. The summed E-state index contributed by atoms with van der Waals surface area (Å²) in [6, 6.07) is 91.3. The van der Waals surface area contributed by atoms with Gasteiger partial charge in [0, 0.05) is 51.4 Å². The molecule has 0 bridgehead atoms. The zero-order chi connectivity index (χ0) is 53.9. The third-order valence-corrected chi connectivity index (χ3v) is 21.6. The number of benzene rings is 12. The fourth-order valence-corrected chi connectivity index (χ4v) is 18.6. The predicted molar refractivity (Wildman–Crippen MR) is 324 cm³/mol. The molecule has 0 saturated carbocycles. The van der Waals surface area contributed by atoms with E-state index in [1.54, 1.807) is 0 Å². The highest BCUT2D eigenvalue weighted by molar-refractivity contribution is 8.21. The molecule has 82 heavy (non-hydrogen) atoms. The molecule has 0 amide bonds. The van der Waals surface area contributed by atoms with Crippen molar-refractivity contribution < 1.29 is 23.2 Å². The Hall–Kier alpha value is -10.8. The minimum atomic E-state index is -4.88. The van der Waals surface area contributed by atoms with E-state index in [9.17, 15) is 0 Å². The highest BCUT2D eigenvalue weighted by atomic mass is 32.3. The van der Waals surface area contributed by atoms with Gasteiger partial charge in [-0.2, -0.15) is 0 Å². The van der Waals surface area contributed by atoms with Crippen molar-refractivity contribution in [1.29, 1.82) is 0 Å². The Labute approximate surface area is 472 Å². The molecule has 10 heteroatoms. The number of para-hydroxylation sites is 16. The molecule has 0 N–H and O–H groups in total. The monoisotopic (exact) mass is 1080 g/mol. The first kappa shape index (κ1) is 45.1. The highest BCUT2D eigenvalue weighted by Gasteiger charge is 2.59. The van der Waals surface area contributed by atoms with E-state index in [0.29, 0.717) is 19.6 Å². The average Bonchev–Trinajstić information content (AvgIpc) is 2.67. The number of hydrogen-bond donors (Lipinski definition) is 0. The maximum absolute atomic E-state index is 20.0. The molecular formula is C72H44N4O5S. The fourth-order valence-electron chi connectivity index (χ4n) is 13.4. The molecule has 0 aromatic heterocycles. The van der Waals surface area contributed by atoms with Crippen LogP contribution >= 0.6 is 0 Å². The minimum absolute atomic E-state index is 0.714. The van der Waals surface area contributed by atoms with Gasteiger partial charge in [-0.15, -0.1) is 0 Å². The van der Waals surface area contributed by atoms with Gasteiger partial charge in [0.1, 0.15) is 0 Å². The third kappa shape index (κ3) is 5.92. The Morgan fingerprint density at radius 1 is 0.220 bits per heavy atom. The SMILES string of the molecule is O=S12(c3cc(N4c5ccccc5Oc5ccccc54)ccc3-c3ccc(N4c5ccccc5Oc5ccccc54)cc31)c1cc(N3c4ccccc4Oc4ccccc43)ccc1-c1ccc(N3c4ccccc4Oc4ccccc43)cc12. The largest absolute Gasteiger partial charge is 0.453 e. The summed E-state index contributed by atoms with van der Waals surface area (Å²) in [4.78, 5) is 11.8. The Morgan fingerprint density at radius 3 is 0.573 bits per heavy atom. The number of hydrogen-bond acceptors (Lipinski definition) is 9. The van der Waals surface area contributed by atoms with E-state index >= 15 is 4.21 Å². The van der Waals surface area contributed by atoms with Gasteiger partial charge in [0.15, 0.2) is 46.0 Å². The quantitative estimate of drug-likeness (QED) is 0.171. The molecule has 12 aromatic rings. The van der Waals surface area contributed by atoms with Gasteiger partial charge in [-0.1, -0.05) is 121 Å². The van der Waals surface area contributed by atoms with E-state index in [2.05, 4.69) is 141 Å². The third-order valence-electron chi connectivity index (χ3n) is 16.9. The zero-order valence-electron chi connectivity index (χ0n) is 43.6. The predicted octanol–water partition coefficient (Wildman–Crippen LogP) is 20.3. The Kier molecular flexibility index (Phi) is 9.01. The molecule has 6 aliphatic heterocycles. The maximum atomic E-state index is 20.0. The summed E-state index contributed by atoms with van der Waals surface area (Å²) < 4.78 is 46.4. The van der Waals surface area contributed by atoms with E-state index in [1.165, 1.54) is 0 Å². The van der Waals surface area contributed by atoms with Crippen LogP contribution in [0.25, 0.3) is 22.3 Å². The van der Waals surface area contributed by atoms with Crippen molar-refractivity contribution in [2.75, 3.05) is 19.6 Å². The molecular weight excluding hydrogens is 1030 g/mol. The van der Waals surface area contributed by atoms with E-state index in [-0.39, 0.29) is 0 Å². The summed E-state index contributed by atoms with van der Waals surface area (Å²) >= 11 is 0. The standard InChI is InChI=1S/C72H44N4O5S/c77-82(69-41-45(73-53-17-1-9-25-61(53)78-62-26-10-2-18-54(62)73)33-37-49(69)50-38-34-46(42-70(50)82)74-55-19-3-11-27-63(55)79-64-28-12-4-20-56(64)74)71-43-47(75-57-21-5-13-29-65(57)80-66-30-14-6-22-58(66)75)35-39-51(71)52-40-36-48(44-72(52)82)76-59-23-7-15-31-67(59)81-68-32-16-8-24-60(68)76/h1-44H. The molecule has 9 nitrogen and oxygen atoms in total. The molecule has 6 aliphatic rings. The van der Waals surface area contributed by atoms with Crippen molar-refractivity contribution in [3.8, 4) is 68.2 Å². The normalized spacial score (nSPS) is 15.4. The van der Waals surface area contributed by atoms with Crippen LogP contribution < -0.4 is 38.5 Å². The lowest BCUT2D eigenvalue weighted by Gasteiger charge is -2.41. The smallest absolute Gasteiger partial charge is 0.151 e.